The maximum Gasteiger partial charge on any atom is 0.254 e. The summed E-state index contributed by atoms with van der Waals surface area (Å²) < 4.78 is 10.6. The zero-order valence-corrected chi connectivity index (χ0v) is 14.5. The van der Waals surface area contributed by atoms with Crippen molar-refractivity contribution < 1.29 is 14.3 Å². The molecule has 0 aliphatic carbocycles. The van der Waals surface area contributed by atoms with Gasteiger partial charge in [-0.15, -0.1) is 12.4 Å². The summed E-state index contributed by atoms with van der Waals surface area (Å²) in [4.78, 5) is 14.8. The van der Waals surface area contributed by atoms with Crippen LogP contribution in [0.4, 0.5) is 0 Å². The van der Waals surface area contributed by atoms with Gasteiger partial charge in [0.1, 0.15) is 0 Å². The van der Waals surface area contributed by atoms with Crippen molar-refractivity contribution in [2.24, 2.45) is 0 Å². The van der Waals surface area contributed by atoms with Crippen LogP contribution in [-0.2, 0) is 0 Å². The number of ether oxygens (including phenoxy) is 2. The number of nitrogens with zero attached hydrogens (tertiary/aromatic N) is 1. The van der Waals surface area contributed by atoms with E-state index in [9.17, 15) is 4.79 Å². The fourth-order valence-electron chi connectivity index (χ4n) is 2.92. The van der Waals surface area contributed by atoms with Gasteiger partial charge in [0.25, 0.3) is 5.91 Å². The SMILES string of the molecule is CNCC1CCCN1C(=O)c1cc(OC)c(OC)cc1C.Cl. The molecular formula is C16H25ClN2O3. The van der Waals surface area contributed by atoms with E-state index in [0.717, 1.165) is 31.5 Å². The first-order valence-corrected chi connectivity index (χ1v) is 7.30. The van der Waals surface area contributed by atoms with Gasteiger partial charge in [-0.3, -0.25) is 4.79 Å². The van der Waals surface area contributed by atoms with Crippen LogP contribution in [0.5, 0.6) is 11.5 Å². The molecular weight excluding hydrogens is 304 g/mol. The number of rotatable bonds is 5. The Morgan fingerprint density at radius 2 is 1.95 bits per heavy atom. The monoisotopic (exact) mass is 328 g/mol. The molecule has 1 amide bonds. The largest absolute Gasteiger partial charge is 0.493 e. The number of methoxy groups -OCH3 is 2. The Bertz CT molecular complexity index is 522. The molecule has 1 aliphatic rings. The molecule has 0 bridgehead atoms. The molecule has 5 nitrogen and oxygen atoms in total. The average Bonchev–Trinajstić information content (AvgIpc) is 2.94. The third-order valence-corrected chi connectivity index (χ3v) is 4.04. The molecule has 1 atom stereocenters. The number of halogens is 1. The third-order valence-electron chi connectivity index (χ3n) is 4.04. The fraction of sp³-hybridized carbons (Fsp3) is 0.562. The Balaban J connectivity index is 0.00000242. The van der Waals surface area contributed by atoms with Crippen molar-refractivity contribution >= 4 is 18.3 Å². The van der Waals surface area contributed by atoms with E-state index in [1.807, 2.05) is 24.9 Å². The lowest BCUT2D eigenvalue weighted by molar-refractivity contribution is 0.0736. The summed E-state index contributed by atoms with van der Waals surface area (Å²) in [6.45, 7) is 3.58. The lowest BCUT2D eigenvalue weighted by Crippen LogP contribution is -2.41. The van der Waals surface area contributed by atoms with Gasteiger partial charge < -0.3 is 19.7 Å². The van der Waals surface area contributed by atoms with Crippen LogP contribution in [0.25, 0.3) is 0 Å². The molecule has 0 spiro atoms. The lowest BCUT2D eigenvalue weighted by atomic mass is 10.1. The van der Waals surface area contributed by atoms with Gasteiger partial charge in [0.15, 0.2) is 11.5 Å². The first-order valence-electron chi connectivity index (χ1n) is 7.30. The standard InChI is InChI=1S/C16H24N2O3.ClH/c1-11-8-14(20-3)15(21-4)9-13(11)16(19)18-7-5-6-12(18)10-17-2;/h8-9,12,17H,5-7,10H2,1-4H3;1H. The first kappa shape index (κ1) is 18.6. The van der Waals surface area contributed by atoms with E-state index in [1.165, 1.54) is 0 Å². The summed E-state index contributed by atoms with van der Waals surface area (Å²) in [5.41, 5.74) is 1.60. The van der Waals surface area contributed by atoms with E-state index in [2.05, 4.69) is 5.32 Å². The number of benzene rings is 1. The van der Waals surface area contributed by atoms with E-state index in [1.54, 1.807) is 20.3 Å². The van der Waals surface area contributed by atoms with Crippen molar-refractivity contribution in [3.8, 4) is 11.5 Å². The molecule has 0 saturated carbocycles. The van der Waals surface area contributed by atoms with E-state index in [-0.39, 0.29) is 24.4 Å². The topological polar surface area (TPSA) is 50.8 Å². The Morgan fingerprint density at radius 1 is 1.32 bits per heavy atom. The van der Waals surface area contributed by atoms with Gasteiger partial charge in [-0.25, -0.2) is 0 Å². The summed E-state index contributed by atoms with van der Waals surface area (Å²) >= 11 is 0. The van der Waals surface area contributed by atoms with Gasteiger partial charge in [-0.2, -0.15) is 0 Å². The Kier molecular flexibility index (Phi) is 6.97. The number of amides is 1. The van der Waals surface area contributed by atoms with Crippen LogP contribution in [0.15, 0.2) is 12.1 Å². The number of carbonyl (C=O) groups is 1. The van der Waals surface area contributed by atoms with Gasteiger partial charge in [-0.1, -0.05) is 0 Å². The second-order valence-corrected chi connectivity index (χ2v) is 5.37. The van der Waals surface area contributed by atoms with Crippen molar-refractivity contribution in [1.82, 2.24) is 10.2 Å². The molecule has 1 unspecified atom stereocenters. The molecule has 1 aromatic rings. The molecule has 1 fully saturated rings. The number of likely N-dealkylation sites (tertiary alicyclic amines) is 1. The average molecular weight is 329 g/mol. The van der Waals surface area contributed by atoms with Crippen LogP contribution >= 0.6 is 12.4 Å². The van der Waals surface area contributed by atoms with Crippen LogP contribution < -0.4 is 14.8 Å². The molecule has 2 rings (SSSR count). The van der Waals surface area contributed by atoms with Crippen molar-refractivity contribution in [2.45, 2.75) is 25.8 Å². The van der Waals surface area contributed by atoms with Gasteiger partial charge >= 0.3 is 0 Å². The van der Waals surface area contributed by atoms with Crippen molar-refractivity contribution in [3.63, 3.8) is 0 Å². The van der Waals surface area contributed by atoms with Gasteiger partial charge in [0.2, 0.25) is 0 Å². The molecule has 1 aliphatic heterocycles. The number of likely N-dealkylation sites (N-methyl/N-ethyl adjacent to an activating group) is 1. The maximum absolute atomic E-state index is 12.8. The zero-order valence-electron chi connectivity index (χ0n) is 13.6. The van der Waals surface area contributed by atoms with Crippen molar-refractivity contribution in [3.05, 3.63) is 23.3 Å². The molecule has 124 valence electrons. The van der Waals surface area contributed by atoms with Crippen LogP contribution in [0.3, 0.4) is 0 Å². The van der Waals surface area contributed by atoms with Crippen LogP contribution in [0, 0.1) is 6.92 Å². The predicted octanol–water partition coefficient (Wildman–Crippen LogP) is 2.26. The van der Waals surface area contributed by atoms with E-state index < -0.39 is 0 Å². The summed E-state index contributed by atoms with van der Waals surface area (Å²) in [5, 5.41) is 3.16. The van der Waals surface area contributed by atoms with E-state index >= 15 is 0 Å². The normalized spacial score (nSPS) is 17.1. The Morgan fingerprint density at radius 3 is 2.55 bits per heavy atom. The number of hydrogen-bond donors (Lipinski definition) is 1. The molecule has 0 radical (unpaired) electrons. The molecule has 1 saturated heterocycles. The van der Waals surface area contributed by atoms with Crippen LogP contribution in [0.2, 0.25) is 0 Å². The molecule has 0 aromatic heterocycles. The van der Waals surface area contributed by atoms with Crippen LogP contribution in [0.1, 0.15) is 28.8 Å². The number of nitrogens with one attached hydrogen (secondary N) is 1. The van der Waals surface area contributed by atoms with Crippen molar-refractivity contribution in [2.75, 3.05) is 34.4 Å². The molecule has 1 N–H and O–H groups in total. The first-order chi connectivity index (χ1) is 10.1. The third kappa shape index (κ3) is 3.65. The molecule has 22 heavy (non-hydrogen) atoms. The number of hydrogen-bond acceptors (Lipinski definition) is 4. The Labute approximate surface area is 138 Å². The molecule has 6 heteroatoms. The smallest absolute Gasteiger partial charge is 0.254 e. The summed E-state index contributed by atoms with van der Waals surface area (Å²) in [6, 6.07) is 3.91. The van der Waals surface area contributed by atoms with Crippen LogP contribution in [-0.4, -0.2) is 51.2 Å². The van der Waals surface area contributed by atoms with E-state index in [4.69, 9.17) is 9.47 Å². The number of aryl methyl sites for hydroxylation is 1. The fourth-order valence-corrected chi connectivity index (χ4v) is 2.92. The highest BCUT2D eigenvalue weighted by Gasteiger charge is 2.30. The lowest BCUT2D eigenvalue weighted by Gasteiger charge is -2.25. The van der Waals surface area contributed by atoms with Gasteiger partial charge in [-0.05, 0) is 44.5 Å². The second-order valence-electron chi connectivity index (χ2n) is 5.37. The minimum Gasteiger partial charge on any atom is -0.493 e. The molecule has 1 heterocycles. The minimum absolute atomic E-state index is 0. The van der Waals surface area contributed by atoms with Gasteiger partial charge in [0.05, 0.1) is 14.2 Å². The number of carbonyl (C=O) groups excluding carboxylic acids is 1. The summed E-state index contributed by atoms with van der Waals surface area (Å²) in [5.74, 6) is 1.32. The highest BCUT2D eigenvalue weighted by molar-refractivity contribution is 5.96. The second kappa shape index (κ2) is 8.25. The van der Waals surface area contributed by atoms with Gasteiger partial charge in [0, 0.05) is 24.7 Å². The zero-order chi connectivity index (χ0) is 15.4. The highest BCUT2D eigenvalue weighted by atomic mass is 35.5. The summed E-state index contributed by atoms with van der Waals surface area (Å²) in [7, 11) is 5.10. The summed E-state index contributed by atoms with van der Waals surface area (Å²) in [6.07, 6.45) is 2.11. The Hall–Kier alpha value is -1.46. The maximum atomic E-state index is 12.8. The molecule has 1 aromatic carbocycles. The minimum atomic E-state index is 0. The quantitative estimate of drug-likeness (QED) is 0.900. The highest BCUT2D eigenvalue weighted by Crippen LogP contribution is 2.31. The predicted molar refractivity (Wildman–Crippen MR) is 89.5 cm³/mol. The van der Waals surface area contributed by atoms with Crippen molar-refractivity contribution in [1.29, 1.82) is 0 Å². The van der Waals surface area contributed by atoms with E-state index in [0.29, 0.717) is 17.1 Å².